The summed E-state index contributed by atoms with van der Waals surface area (Å²) in [5, 5.41) is 0. The number of hydrogen-bond acceptors (Lipinski definition) is 4. The van der Waals surface area contributed by atoms with E-state index in [4.69, 9.17) is 0 Å². The molecule has 2 aromatic carbocycles. The lowest BCUT2D eigenvalue weighted by Crippen LogP contribution is -2.23. The van der Waals surface area contributed by atoms with Gasteiger partial charge in [-0.2, -0.15) is 0 Å². The molecule has 1 aromatic heterocycles. The number of benzene rings is 2. The van der Waals surface area contributed by atoms with Crippen LogP contribution in [0.4, 0.5) is 17.1 Å². The van der Waals surface area contributed by atoms with Gasteiger partial charge in [0.05, 0.1) is 0 Å². The van der Waals surface area contributed by atoms with Crippen LogP contribution >= 0.6 is 11.3 Å². The summed E-state index contributed by atoms with van der Waals surface area (Å²) in [5.41, 5.74) is 4.21. The van der Waals surface area contributed by atoms with Crippen LogP contribution in [0.5, 0.6) is 0 Å². The largest absolute Gasteiger partial charge is 0.338 e. The van der Waals surface area contributed by atoms with Crippen molar-refractivity contribution in [3.63, 3.8) is 0 Å². The summed E-state index contributed by atoms with van der Waals surface area (Å²) in [5.74, 6) is 0. The third-order valence-corrected chi connectivity index (χ3v) is 7.46. The van der Waals surface area contributed by atoms with Gasteiger partial charge in [-0.05, 0) is 68.3 Å². The number of aryl methyl sites for hydroxylation is 1. The zero-order chi connectivity index (χ0) is 18.3. The number of para-hydroxylation sites is 1. The van der Waals surface area contributed by atoms with Gasteiger partial charge >= 0.3 is 0 Å². The summed E-state index contributed by atoms with van der Waals surface area (Å²) in [6, 6.07) is 19.8. The minimum absolute atomic E-state index is 0.334. The number of sulfonamides is 1. The standard InChI is InChI=1S/C20H20N2O2S2/c1-14-13-16-5-3-4-6-19(16)22(14)18-10-8-17(9-11-18)21-26(23,24)20-12-7-15(2)25-20/h3-12,14,21H,13H2,1-2H3. The first kappa shape index (κ1) is 17.1. The highest BCUT2D eigenvalue weighted by Crippen LogP contribution is 2.38. The molecular weight excluding hydrogens is 364 g/mol. The molecular formula is C20H20N2O2S2. The second-order valence-corrected chi connectivity index (χ2v) is 9.77. The van der Waals surface area contributed by atoms with Gasteiger partial charge in [0.25, 0.3) is 10.0 Å². The van der Waals surface area contributed by atoms with Crippen LogP contribution in [0.3, 0.4) is 0 Å². The number of anilines is 3. The molecule has 4 nitrogen and oxygen atoms in total. The van der Waals surface area contributed by atoms with Crippen molar-refractivity contribution in [1.82, 2.24) is 0 Å². The lowest BCUT2D eigenvalue weighted by molar-refractivity contribution is 0.603. The van der Waals surface area contributed by atoms with Crippen molar-refractivity contribution < 1.29 is 8.42 Å². The van der Waals surface area contributed by atoms with Crippen LogP contribution in [0, 0.1) is 6.92 Å². The molecule has 1 aliphatic rings. The molecule has 2 heterocycles. The smallest absolute Gasteiger partial charge is 0.271 e. The third kappa shape index (κ3) is 3.10. The molecule has 0 spiro atoms. The topological polar surface area (TPSA) is 49.4 Å². The molecule has 1 aliphatic heterocycles. The molecule has 4 rings (SSSR count). The van der Waals surface area contributed by atoms with Crippen LogP contribution in [-0.4, -0.2) is 14.5 Å². The first-order chi connectivity index (χ1) is 12.4. The van der Waals surface area contributed by atoms with Gasteiger partial charge in [-0.15, -0.1) is 11.3 Å². The minimum Gasteiger partial charge on any atom is -0.338 e. The fourth-order valence-electron chi connectivity index (χ4n) is 3.41. The Morgan fingerprint density at radius 2 is 1.77 bits per heavy atom. The van der Waals surface area contributed by atoms with Crippen molar-refractivity contribution in [3.8, 4) is 0 Å². The van der Waals surface area contributed by atoms with Crippen molar-refractivity contribution in [2.75, 3.05) is 9.62 Å². The van der Waals surface area contributed by atoms with Gasteiger partial charge in [0.2, 0.25) is 0 Å². The van der Waals surface area contributed by atoms with Crippen molar-refractivity contribution in [3.05, 3.63) is 71.1 Å². The Bertz CT molecular complexity index is 1040. The van der Waals surface area contributed by atoms with E-state index in [2.05, 4.69) is 40.8 Å². The molecule has 0 saturated heterocycles. The van der Waals surface area contributed by atoms with E-state index >= 15 is 0 Å². The summed E-state index contributed by atoms with van der Waals surface area (Å²) in [6.07, 6.45) is 1.02. The number of thiophene rings is 1. The van der Waals surface area contributed by atoms with E-state index < -0.39 is 10.0 Å². The molecule has 134 valence electrons. The molecule has 0 radical (unpaired) electrons. The van der Waals surface area contributed by atoms with E-state index in [1.165, 1.54) is 22.6 Å². The van der Waals surface area contributed by atoms with Crippen LogP contribution in [0.1, 0.15) is 17.4 Å². The molecule has 3 aromatic rings. The van der Waals surface area contributed by atoms with Crippen molar-refractivity contribution in [2.45, 2.75) is 30.5 Å². The van der Waals surface area contributed by atoms with E-state index in [0.717, 1.165) is 17.0 Å². The van der Waals surface area contributed by atoms with Gasteiger partial charge in [-0.3, -0.25) is 4.72 Å². The van der Waals surface area contributed by atoms with Gasteiger partial charge in [-0.25, -0.2) is 8.42 Å². The number of nitrogens with one attached hydrogen (secondary N) is 1. The van der Waals surface area contributed by atoms with E-state index in [-0.39, 0.29) is 0 Å². The van der Waals surface area contributed by atoms with E-state index in [1.807, 2.05) is 37.3 Å². The average molecular weight is 385 g/mol. The Hall–Kier alpha value is -2.31. The summed E-state index contributed by atoms with van der Waals surface area (Å²) < 4.78 is 27.9. The van der Waals surface area contributed by atoms with Crippen molar-refractivity contribution in [2.24, 2.45) is 0 Å². The zero-order valence-corrected chi connectivity index (χ0v) is 16.3. The van der Waals surface area contributed by atoms with E-state index in [9.17, 15) is 8.42 Å². The van der Waals surface area contributed by atoms with Crippen LogP contribution in [0.15, 0.2) is 64.9 Å². The molecule has 0 fully saturated rings. The molecule has 1 N–H and O–H groups in total. The zero-order valence-electron chi connectivity index (χ0n) is 14.6. The molecule has 0 amide bonds. The number of rotatable bonds is 4. The summed E-state index contributed by atoms with van der Waals surface area (Å²) >= 11 is 1.27. The summed E-state index contributed by atoms with van der Waals surface area (Å²) in [7, 11) is -3.53. The predicted octanol–water partition coefficient (Wildman–Crippen LogP) is 4.94. The van der Waals surface area contributed by atoms with Crippen LogP contribution in [0.2, 0.25) is 0 Å². The Morgan fingerprint density at radius 3 is 2.46 bits per heavy atom. The van der Waals surface area contributed by atoms with Crippen molar-refractivity contribution in [1.29, 1.82) is 0 Å². The van der Waals surface area contributed by atoms with Crippen LogP contribution < -0.4 is 9.62 Å². The summed E-state index contributed by atoms with van der Waals surface area (Å²) in [4.78, 5) is 3.28. The molecule has 0 saturated carbocycles. The van der Waals surface area contributed by atoms with Crippen LogP contribution in [-0.2, 0) is 16.4 Å². The van der Waals surface area contributed by atoms with Gasteiger partial charge in [0.15, 0.2) is 0 Å². The number of fused-ring (bicyclic) bond motifs is 1. The Labute approximate surface area is 158 Å². The maximum Gasteiger partial charge on any atom is 0.271 e. The van der Waals surface area contributed by atoms with Crippen molar-refractivity contribution >= 4 is 38.4 Å². The second-order valence-electron chi connectivity index (χ2n) is 6.57. The first-order valence-electron chi connectivity index (χ1n) is 8.50. The highest BCUT2D eigenvalue weighted by Gasteiger charge is 2.26. The Kier molecular flexibility index (Phi) is 4.25. The molecule has 6 heteroatoms. The highest BCUT2D eigenvalue weighted by molar-refractivity contribution is 7.94. The SMILES string of the molecule is Cc1ccc(S(=O)(=O)Nc2ccc(N3c4ccccc4CC3C)cc2)s1. The fraction of sp³-hybridized carbons (Fsp3) is 0.200. The molecule has 0 aliphatic carbocycles. The predicted molar refractivity (Wildman–Crippen MR) is 108 cm³/mol. The fourth-order valence-corrected chi connectivity index (χ4v) is 5.75. The number of nitrogens with zero attached hydrogens (tertiary/aromatic N) is 1. The van der Waals surface area contributed by atoms with E-state index in [1.54, 1.807) is 6.07 Å². The van der Waals surface area contributed by atoms with Gasteiger partial charge < -0.3 is 4.90 Å². The van der Waals surface area contributed by atoms with Gasteiger partial charge in [-0.1, -0.05) is 18.2 Å². The maximum atomic E-state index is 12.5. The first-order valence-corrected chi connectivity index (χ1v) is 10.8. The molecule has 26 heavy (non-hydrogen) atoms. The quantitative estimate of drug-likeness (QED) is 0.693. The highest BCUT2D eigenvalue weighted by atomic mass is 32.2. The summed E-state index contributed by atoms with van der Waals surface area (Å²) in [6.45, 7) is 4.10. The normalized spacial score (nSPS) is 16.5. The Morgan fingerprint density at radius 1 is 1.04 bits per heavy atom. The van der Waals surface area contributed by atoms with Gasteiger partial charge in [0.1, 0.15) is 4.21 Å². The maximum absolute atomic E-state index is 12.5. The second kappa shape index (κ2) is 6.45. The molecule has 0 bridgehead atoms. The lowest BCUT2D eigenvalue weighted by Gasteiger charge is -2.25. The molecule has 1 unspecified atom stereocenters. The number of hydrogen-bond donors (Lipinski definition) is 1. The van der Waals surface area contributed by atoms with Gasteiger partial charge in [0, 0.05) is 28.0 Å². The Balaban J connectivity index is 1.58. The average Bonchev–Trinajstić information content (AvgIpc) is 3.18. The third-order valence-electron chi connectivity index (χ3n) is 4.59. The minimum atomic E-state index is -3.53. The molecule has 1 atom stereocenters. The lowest BCUT2D eigenvalue weighted by atomic mass is 10.1. The van der Waals surface area contributed by atoms with Crippen LogP contribution in [0.25, 0.3) is 0 Å². The van der Waals surface area contributed by atoms with E-state index in [0.29, 0.717) is 15.9 Å². The monoisotopic (exact) mass is 384 g/mol.